The molecule has 3 rings (SSSR count). The highest BCUT2D eigenvalue weighted by Gasteiger charge is 2.16. The first-order valence-corrected chi connectivity index (χ1v) is 8.60. The van der Waals surface area contributed by atoms with Crippen LogP contribution in [0, 0.1) is 10.1 Å². The van der Waals surface area contributed by atoms with Gasteiger partial charge in [-0.1, -0.05) is 17.8 Å². The van der Waals surface area contributed by atoms with Gasteiger partial charge in [0.05, 0.1) is 26.3 Å². The summed E-state index contributed by atoms with van der Waals surface area (Å²) in [6.07, 6.45) is 0. The number of ether oxygens (including phenoxy) is 3. The van der Waals surface area contributed by atoms with Crippen molar-refractivity contribution in [2.24, 2.45) is 0 Å². The van der Waals surface area contributed by atoms with Gasteiger partial charge in [0.15, 0.2) is 10.9 Å². The summed E-state index contributed by atoms with van der Waals surface area (Å²) in [7, 11) is 4.58. The van der Waals surface area contributed by atoms with Gasteiger partial charge >= 0.3 is 5.69 Å². The molecule has 0 amide bonds. The molecule has 0 unspecified atom stereocenters. The number of imidazole rings is 1. The Morgan fingerprint density at radius 1 is 1.08 bits per heavy atom. The highest BCUT2D eigenvalue weighted by molar-refractivity contribution is 7.98. The molecule has 0 bridgehead atoms. The first kappa shape index (κ1) is 17.9. The maximum absolute atomic E-state index is 11.1. The van der Waals surface area contributed by atoms with Crippen molar-refractivity contribution in [3.05, 3.63) is 46.0 Å². The molecule has 1 heterocycles. The first-order valence-electron chi connectivity index (χ1n) is 7.62. The number of methoxy groups -OCH3 is 3. The van der Waals surface area contributed by atoms with E-state index >= 15 is 0 Å². The fourth-order valence-corrected chi connectivity index (χ4v) is 3.36. The lowest BCUT2D eigenvalue weighted by atomic mass is 10.2. The molecule has 0 fully saturated rings. The maximum Gasteiger partial charge on any atom is 0.311 e. The molecule has 0 saturated heterocycles. The molecule has 1 aromatic heterocycles. The largest absolute Gasteiger partial charge is 0.494 e. The predicted molar refractivity (Wildman–Crippen MR) is 98.4 cm³/mol. The van der Waals surface area contributed by atoms with E-state index in [1.54, 1.807) is 38.5 Å². The van der Waals surface area contributed by atoms with Crippen LogP contribution in [0.3, 0.4) is 0 Å². The first-order chi connectivity index (χ1) is 12.6. The highest BCUT2D eigenvalue weighted by atomic mass is 32.2. The number of H-pyrrole nitrogens is 1. The Morgan fingerprint density at radius 3 is 2.38 bits per heavy atom. The van der Waals surface area contributed by atoms with Crippen molar-refractivity contribution in [2.45, 2.75) is 10.9 Å². The van der Waals surface area contributed by atoms with Crippen LogP contribution >= 0.6 is 11.8 Å². The Balaban J connectivity index is 1.86. The average Bonchev–Trinajstić information content (AvgIpc) is 3.09. The number of benzene rings is 2. The van der Waals surface area contributed by atoms with Crippen molar-refractivity contribution in [3.8, 4) is 17.2 Å². The number of fused-ring (bicyclic) bond motifs is 1. The summed E-state index contributed by atoms with van der Waals surface area (Å²) in [5.74, 6) is 2.06. The second-order valence-corrected chi connectivity index (χ2v) is 6.25. The van der Waals surface area contributed by atoms with Crippen molar-refractivity contribution in [1.29, 1.82) is 0 Å². The number of hydrogen-bond donors (Lipinski definition) is 1. The summed E-state index contributed by atoms with van der Waals surface area (Å²) in [5, 5.41) is 11.8. The maximum atomic E-state index is 11.1. The van der Waals surface area contributed by atoms with Crippen LogP contribution in [-0.2, 0) is 5.75 Å². The Kier molecular flexibility index (Phi) is 5.17. The minimum atomic E-state index is -0.454. The van der Waals surface area contributed by atoms with E-state index in [1.807, 2.05) is 0 Å². The number of aromatic nitrogens is 2. The molecule has 9 heteroatoms. The summed E-state index contributed by atoms with van der Waals surface area (Å²) >= 11 is 1.43. The molecule has 1 N–H and O–H groups in total. The molecule has 0 aliphatic heterocycles. The quantitative estimate of drug-likeness (QED) is 0.381. The fourth-order valence-electron chi connectivity index (χ4n) is 2.54. The molecule has 3 aromatic rings. The zero-order valence-electron chi connectivity index (χ0n) is 14.4. The second kappa shape index (κ2) is 7.52. The number of nitro groups is 1. The molecule has 0 spiro atoms. The van der Waals surface area contributed by atoms with Crippen LogP contribution in [0.1, 0.15) is 5.56 Å². The van der Waals surface area contributed by atoms with E-state index in [-0.39, 0.29) is 11.4 Å². The number of thioether (sulfide) groups is 1. The van der Waals surface area contributed by atoms with Crippen molar-refractivity contribution < 1.29 is 19.1 Å². The number of hydrogen-bond acceptors (Lipinski definition) is 7. The van der Waals surface area contributed by atoms with Crippen molar-refractivity contribution in [3.63, 3.8) is 0 Å². The van der Waals surface area contributed by atoms with E-state index in [2.05, 4.69) is 9.97 Å². The van der Waals surface area contributed by atoms with Gasteiger partial charge in [0.25, 0.3) is 0 Å². The van der Waals surface area contributed by atoms with Crippen LogP contribution in [-0.4, -0.2) is 36.2 Å². The van der Waals surface area contributed by atoms with Gasteiger partial charge in [-0.05, 0) is 23.8 Å². The van der Waals surface area contributed by atoms with Gasteiger partial charge in [0.1, 0.15) is 22.5 Å². The third-order valence-corrected chi connectivity index (χ3v) is 4.75. The Labute approximate surface area is 153 Å². The van der Waals surface area contributed by atoms with Crippen molar-refractivity contribution >= 4 is 28.5 Å². The third kappa shape index (κ3) is 3.38. The third-order valence-electron chi connectivity index (χ3n) is 3.80. The van der Waals surface area contributed by atoms with Crippen molar-refractivity contribution in [1.82, 2.24) is 9.97 Å². The minimum Gasteiger partial charge on any atom is -0.494 e. The summed E-state index contributed by atoms with van der Waals surface area (Å²) in [6, 6.07) is 8.50. The summed E-state index contributed by atoms with van der Waals surface area (Å²) in [4.78, 5) is 18.4. The van der Waals surface area contributed by atoms with Gasteiger partial charge in [-0.15, -0.1) is 0 Å². The lowest BCUT2D eigenvalue weighted by Gasteiger charge is -2.04. The van der Waals surface area contributed by atoms with Crippen LogP contribution < -0.4 is 14.2 Å². The molecular formula is C17H17N3O5S. The molecule has 0 aliphatic carbocycles. The van der Waals surface area contributed by atoms with E-state index in [0.717, 1.165) is 11.1 Å². The molecule has 0 radical (unpaired) electrons. The van der Waals surface area contributed by atoms with Crippen LogP contribution in [0.4, 0.5) is 5.69 Å². The Bertz CT molecular complexity index is 916. The second-order valence-electron chi connectivity index (χ2n) is 5.29. The minimum absolute atomic E-state index is 0.0569. The zero-order chi connectivity index (χ0) is 18.7. The molecular weight excluding hydrogens is 358 g/mol. The standard InChI is InChI=1S/C17H17N3O5S/c1-23-12-5-4-10(8-11(12)20(21)22)9-26-17-18-15-13(24-2)6-7-14(25-3)16(15)19-17/h4-8H,9H2,1-3H3,(H,18,19). The van der Waals surface area contributed by atoms with E-state index < -0.39 is 4.92 Å². The zero-order valence-corrected chi connectivity index (χ0v) is 15.3. The van der Waals surface area contributed by atoms with Crippen molar-refractivity contribution in [2.75, 3.05) is 21.3 Å². The molecule has 8 nitrogen and oxygen atoms in total. The van der Waals surface area contributed by atoms with Gasteiger partial charge in [-0.2, -0.15) is 0 Å². The monoisotopic (exact) mass is 375 g/mol. The Morgan fingerprint density at radius 2 is 1.73 bits per heavy atom. The Hall–Kier alpha value is -2.94. The molecule has 2 aromatic carbocycles. The highest BCUT2D eigenvalue weighted by Crippen LogP contribution is 2.35. The topological polar surface area (TPSA) is 99.5 Å². The molecule has 0 atom stereocenters. The van der Waals surface area contributed by atoms with Gasteiger partial charge in [0.2, 0.25) is 0 Å². The van der Waals surface area contributed by atoms with Crippen LogP contribution in [0.15, 0.2) is 35.5 Å². The lowest BCUT2D eigenvalue weighted by Crippen LogP contribution is -1.95. The summed E-state index contributed by atoms with van der Waals surface area (Å²) in [6.45, 7) is 0. The number of nitro benzene ring substituents is 1. The summed E-state index contributed by atoms with van der Waals surface area (Å²) in [5.41, 5.74) is 2.16. The van der Waals surface area contributed by atoms with Gasteiger partial charge in [-0.3, -0.25) is 10.1 Å². The number of nitrogens with zero attached hydrogens (tertiary/aromatic N) is 2. The smallest absolute Gasteiger partial charge is 0.311 e. The van der Waals surface area contributed by atoms with E-state index in [0.29, 0.717) is 27.9 Å². The van der Waals surface area contributed by atoms with E-state index in [1.165, 1.54) is 24.9 Å². The van der Waals surface area contributed by atoms with Gasteiger partial charge in [0, 0.05) is 11.8 Å². The molecule has 136 valence electrons. The van der Waals surface area contributed by atoms with Gasteiger partial charge in [-0.25, -0.2) is 4.98 Å². The summed E-state index contributed by atoms with van der Waals surface area (Å²) < 4.78 is 15.7. The van der Waals surface area contributed by atoms with Crippen LogP contribution in [0.5, 0.6) is 17.2 Å². The van der Waals surface area contributed by atoms with Gasteiger partial charge < -0.3 is 19.2 Å². The fraction of sp³-hybridized carbons (Fsp3) is 0.235. The molecule has 0 saturated carbocycles. The average molecular weight is 375 g/mol. The van der Waals surface area contributed by atoms with E-state index in [4.69, 9.17) is 14.2 Å². The van der Waals surface area contributed by atoms with Crippen LogP contribution in [0.2, 0.25) is 0 Å². The predicted octanol–water partition coefficient (Wildman–Crippen LogP) is 3.79. The molecule has 26 heavy (non-hydrogen) atoms. The normalized spacial score (nSPS) is 10.7. The lowest BCUT2D eigenvalue weighted by molar-refractivity contribution is -0.385. The van der Waals surface area contributed by atoms with E-state index in [9.17, 15) is 10.1 Å². The van der Waals surface area contributed by atoms with Crippen LogP contribution in [0.25, 0.3) is 11.0 Å². The number of rotatable bonds is 7. The number of aromatic amines is 1. The SMILES string of the molecule is COc1ccc(CSc2nc3c(OC)ccc(OC)c3[nH]2)cc1[N+](=O)[O-]. The molecule has 0 aliphatic rings. The number of nitrogens with one attached hydrogen (secondary N) is 1.